The lowest BCUT2D eigenvalue weighted by Crippen LogP contribution is -2.01. The molecule has 1 aromatic carbocycles. The summed E-state index contributed by atoms with van der Waals surface area (Å²) in [5, 5.41) is 0.0515. The van der Waals surface area contributed by atoms with E-state index in [4.69, 9.17) is 17.3 Å². The van der Waals surface area contributed by atoms with Crippen LogP contribution in [0.2, 0.25) is 5.02 Å². The van der Waals surface area contributed by atoms with Gasteiger partial charge >= 0.3 is 0 Å². The van der Waals surface area contributed by atoms with Crippen LogP contribution in [-0.4, -0.2) is 9.97 Å². The minimum atomic E-state index is -0.521. The molecule has 1 heterocycles. The molecule has 0 aliphatic carbocycles. The summed E-state index contributed by atoms with van der Waals surface area (Å²) in [6.45, 7) is 2.04. The zero-order valence-corrected chi connectivity index (χ0v) is 10.7. The number of aryl methyl sites for hydroxylation is 1. The molecule has 0 saturated heterocycles. The first-order valence-electron chi connectivity index (χ1n) is 5.69. The van der Waals surface area contributed by atoms with Gasteiger partial charge in [-0.05, 0) is 18.6 Å². The summed E-state index contributed by atoms with van der Waals surface area (Å²) in [4.78, 5) is 8.36. The molecule has 0 atom stereocenters. The number of aromatic nitrogens is 2. The first-order valence-corrected chi connectivity index (χ1v) is 6.07. The molecule has 0 spiro atoms. The third kappa shape index (κ3) is 2.59. The molecule has 0 radical (unpaired) electrons. The van der Waals surface area contributed by atoms with E-state index >= 15 is 0 Å². The number of benzene rings is 1. The summed E-state index contributed by atoms with van der Waals surface area (Å²) in [6.07, 6.45) is 1.72. The Balaban J connectivity index is 2.53. The predicted octanol–water partition coefficient (Wildman–Crippen LogP) is 3.47. The van der Waals surface area contributed by atoms with Crippen molar-refractivity contribution in [2.45, 2.75) is 19.8 Å². The van der Waals surface area contributed by atoms with Gasteiger partial charge in [-0.15, -0.1) is 0 Å². The van der Waals surface area contributed by atoms with Crippen molar-refractivity contribution in [2.75, 3.05) is 5.73 Å². The molecule has 0 aliphatic heterocycles. The maximum absolute atomic E-state index is 13.9. The first-order chi connectivity index (χ1) is 8.61. The molecule has 5 heteroatoms. The van der Waals surface area contributed by atoms with Gasteiger partial charge in [-0.3, -0.25) is 0 Å². The van der Waals surface area contributed by atoms with Gasteiger partial charge in [-0.1, -0.05) is 31.0 Å². The molecule has 1 aromatic heterocycles. The SMILES string of the molecule is CCCc1cc(N)nc(-c2cccc(Cl)c2F)n1. The Labute approximate surface area is 110 Å². The Bertz CT molecular complexity index is 572. The van der Waals surface area contributed by atoms with E-state index in [0.29, 0.717) is 5.82 Å². The molecule has 2 rings (SSSR count). The Hall–Kier alpha value is -1.68. The third-order valence-electron chi connectivity index (χ3n) is 2.50. The van der Waals surface area contributed by atoms with Crippen molar-refractivity contribution in [1.82, 2.24) is 9.97 Å². The number of nitrogens with two attached hydrogens (primary N) is 1. The number of nitrogens with zero attached hydrogens (tertiary/aromatic N) is 2. The van der Waals surface area contributed by atoms with E-state index in [2.05, 4.69) is 9.97 Å². The maximum atomic E-state index is 13.9. The smallest absolute Gasteiger partial charge is 0.164 e. The fraction of sp³-hybridized carbons (Fsp3) is 0.231. The van der Waals surface area contributed by atoms with Crippen LogP contribution in [0.5, 0.6) is 0 Å². The van der Waals surface area contributed by atoms with E-state index < -0.39 is 5.82 Å². The van der Waals surface area contributed by atoms with Crippen molar-refractivity contribution in [2.24, 2.45) is 0 Å². The third-order valence-corrected chi connectivity index (χ3v) is 2.79. The van der Waals surface area contributed by atoms with Crippen LogP contribution >= 0.6 is 11.6 Å². The van der Waals surface area contributed by atoms with Crippen LogP contribution in [0.15, 0.2) is 24.3 Å². The van der Waals surface area contributed by atoms with Gasteiger partial charge in [0.25, 0.3) is 0 Å². The average Bonchev–Trinajstić information content (AvgIpc) is 2.32. The van der Waals surface area contributed by atoms with Gasteiger partial charge in [0.15, 0.2) is 11.6 Å². The number of hydrogen-bond donors (Lipinski definition) is 1. The summed E-state index contributed by atoms with van der Waals surface area (Å²) < 4.78 is 13.9. The highest BCUT2D eigenvalue weighted by atomic mass is 35.5. The van der Waals surface area contributed by atoms with E-state index in [1.54, 1.807) is 18.2 Å². The molecule has 94 valence electrons. The second kappa shape index (κ2) is 5.31. The normalized spacial score (nSPS) is 10.6. The zero-order chi connectivity index (χ0) is 13.1. The lowest BCUT2D eigenvalue weighted by Gasteiger charge is -2.06. The summed E-state index contributed by atoms with van der Waals surface area (Å²) in [5.41, 5.74) is 6.78. The van der Waals surface area contributed by atoms with Crippen LogP contribution in [0, 0.1) is 5.82 Å². The molecule has 0 fully saturated rings. The van der Waals surface area contributed by atoms with Crippen LogP contribution in [-0.2, 0) is 6.42 Å². The molecular weight excluding hydrogens is 253 g/mol. The summed E-state index contributed by atoms with van der Waals surface area (Å²) in [7, 11) is 0. The molecular formula is C13H13ClFN3. The molecule has 0 unspecified atom stereocenters. The minimum Gasteiger partial charge on any atom is -0.384 e. The maximum Gasteiger partial charge on any atom is 0.164 e. The highest BCUT2D eigenvalue weighted by Crippen LogP contribution is 2.25. The van der Waals surface area contributed by atoms with Crippen molar-refractivity contribution in [3.63, 3.8) is 0 Å². The van der Waals surface area contributed by atoms with E-state index in [1.807, 2.05) is 6.92 Å². The standard InChI is InChI=1S/C13H13ClFN3/c1-2-4-8-7-11(16)18-13(17-8)9-5-3-6-10(14)12(9)15/h3,5-7H,2,4H2,1H3,(H2,16,17,18). The lowest BCUT2D eigenvalue weighted by atomic mass is 10.2. The van der Waals surface area contributed by atoms with Gasteiger partial charge in [0.05, 0.1) is 10.6 Å². The van der Waals surface area contributed by atoms with Gasteiger partial charge in [0, 0.05) is 11.8 Å². The summed E-state index contributed by atoms with van der Waals surface area (Å²) >= 11 is 5.74. The van der Waals surface area contributed by atoms with Gasteiger partial charge in [0.1, 0.15) is 5.82 Å². The molecule has 0 bridgehead atoms. The Morgan fingerprint density at radius 1 is 1.33 bits per heavy atom. The lowest BCUT2D eigenvalue weighted by molar-refractivity contribution is 0.630. The Kier molecular flexibility index (Phi) is 3.77. The molecule has 0 aliphatic rings. The monoisotopic (exact) mass is 265 g/mol. The Morgan fingerprint density at radius 2 is 2.11 bits per heavy atom. The molecule has 0 amide bonds. The van der Waals surface area contributed by atoms with Crippen molar-refractivity contribution in [3.05, 3.63) is 40.8 Å². The van der Waals surface area contributed by atoms with Crippen molar-refractivity contribution in [1.29, 1.82) is 0 Å². The summed E-state index contributed by atoms with van der Waals surface area (Å²) in [6, 6.07) is 6.44. The highest BCUT2D eigenvalue weighted by Gasteiger charge is 2.12. The molecule has 2 aromatic rings. The number of nitrogen functional groups attached to an aromatic ring is 1. The van der Waals surface area contributed by atoms with Crippen LogP contribution in [0.25, 0.3) is 11.4 Å². The zero-order valence-electron chi connectivity index (χ0n) is 9.95. The Morgan fingerprint density at radius 3 is 2.83 bits per heavy atom. The van der Waals surface area contributed by atoms with Crippen molar-refractivity contribution >= 4 is 17.4 Å². The van der Waals surface area contributed by atoms with Crippen molar-refractivity contribution in [3.8, 4) is 11.4 Å². The second-order valence-electron chi connectivity index (χ2n) is 3.96. The fourth-order valence-corrected chi connectivity index (χ4v) is 1.87. The minimum absolute atomic E-state index is 0.0515. The van der Waals surface area contributed by atoms with E-state index in [-0.39, 0.29) is 16.4 Å². The molecule has 0 saturated carbocycles. The van der Waals surface area contributed by atoms with Crippen molar-refractivity contribution < 1.29 is 4.39 Å². The molecule has 2 N–H and O–H groups in total. The van der Waals surface area contributed by atoms with Crippen LogP contribution in [0.4, 0.5) is 10.2 Å². The van der Waals surface area contributed by atoms with Gasteiger partial charge in [-0.2, -0.15) is 0 Å². The molecule has 3 nitrogen and oxygen atoms in total. The molecule has 18 heavy (non-hydrogen) atoms. The number of rotatable bonds is 3. The van der Waals surface area contributed by atoms with Gasteiger partial charge < -0.3 is 5.73 Å². The fourth-order valence-electron chi connectivity index (χ4n) is 1.70. The van der Waals surface area contributed by atoms with Crippen LogP contribution in [0.3, 0.4) is 0 Å². The van der Waals surface area contributed by atoms with Crippen LogP contribution in [0.1, 0.15) is 19.0 Å². The van der Waals surface area contributed by atoms with Gasteiger partial charge in [-0.25, -0.2) is 14.4 Å². The number of anilines is 1. The summed E-state index contributed by atoms with van der Waals surface area (Å²) in [5.74, 6) is 0.0912. The quantitative estimate of drug-likeness (QED) is 0.924. The highest BCUT2D eigenvalue weighted by molar-refractivity contribution is 6.31. The second-order valence-corrected chi connectivity index (χ2v) is 4.37. The topological polar surface area (TPSA) is 51.8 Å². The number of halogens is 2. The largest absolute Gasteiger partial charge is 0.384 e. The van der Waals surface area contributed by atoms with E-state index in [0.717, 1.165) is 18.5 Å². The van der Waals surface area contributed by atoms with Gasteiger partial charge in [0.2, 0.25) is 0 Å². The predicted molar refractivity (Wildman–Crippen MR) is 70.8 cm³/mol. The number of hydrogen-bond acceptors (Lipinski definition) is 3. The van der Waals surface area contributed by atoms with E-state index in [9.17, 15) is 4.39 Å². The average molecular weight is 266 g/mol. The first kappa shape index (κ1) is 12.8. The van der Waals surface area contributed by atoms with Crippen LogP contribution < -0.4 is 5.73 Å². The van der Waals surface area contributed by atoms with E-state index in [1.165, 1.54) is 6.07 Å².